The van der Waals surface area contributed by atoms with E-state index in [0.29, 0.717) is 18.8 Å². The van der Waals surface area contributed by atoms with Crippen LogP contribution in [0.4, 0.5) is 0 Å². The van der Waals surface area contributed by atoms with Crippen molar-refractivity contribution in [2.45, 2.75) is 19.9 Å². The van der Waals surface area contributed by atoms with Crippen molar-refractivity contribution in [3.63, 3.8) is 0 Å². The fourth-order valence-corrected chi connectivity index (χ4v) is 2.41. The van der Waals surface area contributed by atoms with Crippen molar-refractivity contribution in [2.75, 3.05) is 18.6 Å². The van der Waals surface area contributed by atoms with Crippen molar-refractivity contribution >= 4 is 17.7 Å². The van der Waals surface area contributed by atoms with E-state index in [-0.39, 0.29) is 5.69 Å². The van der Waals surface area contributed by atoms with Gasteiger partial charge in [0, 0.05) is 25.4 Å². The third-order valence-corrected chi connectivity index (χ3v) is 3.60. The van der Waals surface area contributed by atoms with E-state index in [1.165, 1.54) is 0 Å². The normalized spacial score (nSPS) is 10.8. The maximum Gasteiger partial charge on any atom is 0.361 e. The largest absolute Gasteiger partial charge is 0.461 e. The Kier molecular flexibility index (Phi) is 5.38. The van der Waals surface area contributed by atoms with Crippen molar-refractivity contribution < 1.29 is 9.53 Å². The maximum absolute atomic E-state index is 12.0. The Labute approximate surface area is 127 Å². The van der Waals surface area contributed by atoms with E-state index in [0.717, 1.165) is 17.7 Å². The summed E-state index contributed by atoms with van der Waals surface area (Å²) < 4.78 is 8.48. The molecule has 0 amide bonds. The summed E-state index contributed by atoms with van der Waals surface area (Å²) in [6, 6.07) is 0. The molecule has 0 radical (unpaired) electrons. The molecule has 0 aromatic carbocycles. The number of aryl methyl sites for hydroxylation is 2. The predicted molar refractivity (Wildman–Crippen MR) is 81.2 cm³/mol. The van der Waals surface area contributed by atoms with Crippen LogP contribution in [0.1, 0.15) is 23.8 Å². The Balaban J connectivity index is 2.35. The van der Waals surface area contributed by atoms with Gasteiger partial charge in [0.05, 0.1) is 12.8 Å². The van der Waals surface area contributed by atoms with Crippen LogP contribution in [-0.4, -0.2) is 49.4 Å². The van der Waals surface area contributed by atoms with Crippen molar-refractivity contribution in [2.24, 2.45) is 7.05 Å². The molecular weight excluding hydrogens is 290 g/mol. The van der Waals surface area contributed by atoms with Crippen molar-refractivity contribution in [1.82, 2.24) is 24.8 Å². The zero-order valence-electron chi connectivity index (χ0n) is 12.4. The molecule has 0 fully saturated rings. The summed E-state index contributed by atoms with van der Waals surface area (Å²) in [6.07, 6.45) is 6.56. The van der Waals surface area contributed by atoms with E-state index in [1.54, 1.807) is 34.2 Å². The van der Waals surface area contributed by atoms with Crippen LogP contribution in [0, 0.1) is 0 Å². The number of esters is 1. The van der Waals surface area contributed by atoms with Crippen molar-refractivity contribution in [3.8, 4) is 11.3 Å². The van der Waals surface area contributed by atoms with E-state index >= 15 is 0 Å². The minimum absolute atomic E-state index is 0.244. The van der Waals surface area contributed by atoms with Crippen molar-refractivity contribution in [3.05, 3.63) is 18.1 Å². The lowest BCUT2D eigenvalue weighted by Gasteiger charge is -2.05. The third-order valence-electron chi connectivity index (χ3n) is 2.90. The number of carbonyl (C=O) groups excluding carboxylic acids is 1. The molecule has 8 heteroatoms. The summed E-state index contributed by atoms with van der Waals surface area (Å²) in [4.78, 5) is 12.0. The summed E-state index contributed by atoms with van der Waals surface area (Å²) >= 11 is 1.78. The van der Waals surface area contributed by atoms with Crippen LogP contribution in [0.25, 0.3) is 11.3 Å². The highest BCUT2D eigenvalue weighted by molar-refractivity contribution is 7.98. The van der Waals surface area contributed by atoms with Crippen LogP contribution in [0.5, 0.6) is 0 Å². The third kappa shape index (κ3) is 3.63. The first-order chi connectivity index (χ1) is 10.2. The van der Waals surface area contributed by atoms with E-state index < -0.39 is 5.97 Å². The summed E-state index contributed by atoms with van der Waals surface area (Å²) in [7, 11) is 1.83. The van der Waals surface area contributed by atoms with E-state index in [1.807, 2.05) is 13.2 Å². The molecule has 0 unspecified atom stereocenters. The molecule has 7 nitrogen and oxygen atoms in total. The molecule has 0 saturated heterocycles. The van der Waals surface area contributed by atoms with Crippen LogP contribution in [0.3, 0.4) is 0 Å². The minimum Gasteiger partial charge on any atom is -0.461 e. The second-order valence-corrected chi connectivity index (χ2v) is 5.46. The van der Waals surface area contributed by atoms with Gasteiger partial charge >= 0.3 is 5.97 Å². The monoisotopic (exact) mass is 309 g/mol. The van der Waals surface area contributed by atoms with E-state index in [4.69, 9.17) is 4.74 Å². The molecule has 114 valence electrons. The first-order valence-electron chi connectivity index (χ1n) is 6.76. The topological polar surface area (TPSA) is 74.8 Å². The van der Waals surface area contributed by atoms with Crippen molar-refractivity contribution in [1.29, 1.82) is 0 Å². The minimum atomic E-state index is -0.451. The highest BCUT2D eigenvalue weighted by Gasteiger charge is 2.23. The van der Waals surface area contributed by atoms with Gasteiger partial charge in [-0.1, -0.05) is 5.21 Å². The van der Waals surface area contributed by atoms with Gasteiger partial charge in [0.1, 0.15) is 5.69 Å². The molecule has 2 rings (SSSR count). The fraction of sp³-hybridized carbons (Fsp3) is 0.538. The summed E-state index contributed by atoms with van der Waals surface area (Å²) in [5.74, 6) is 0.577. The fourth-order valence-electron chi connectivity index (χ4n) is 1.99. The number of hydrogen-bond donors (Lipinski definition) is 0. The van der Waals surface area contributed by atoms with Gasteiger partial charge in [0.2, 0.25) is 0 Å². The SMILES string of the molecule is CCOC(=O)c1nnn(CCCSC)c1-c1cnn(C)c1. The Morgan fingerprint density at radius 3 is 2.90 bits per heavy atom. The molecule has 21 heavy (non-hydrogen) atoms. The first kappa shape index (κ1) is 15.6. The number of nitrogens with zero attached hydrogens (tertiary/aromatic N) is 5. The number of aromatic nitrogens is 5. The number of carbonyl (C=O) groups is 1. The molecule has 2 aromatic rings. The van der Waals surface area contributed by atoms with Gasteiger partial charge in [-0.05, 0) is 25.4 Å². The van der Waals surface area contributed by atoms with Gasteiger partial charge in [-0.25, -0.2) is 9.48 Å². The zero-order chi connectivity index (χ0) is 15.2. The number of ether oxygens (including phenoxy) is 1. The lowest BCUT2D eigenvalue weighted by molar-refractivity contribution is 0.0520. The van der Waals surface area contributed by atoms with E-state index in [9.17, 15) is 4.79 Å². The second kappa shape index (κ2) is 7.26. The quantitative estimate of drug-likeness (QED) is 0.571. The van der Waals surface area contributed by atoms with Crippen LogP contribution < -0.4 is 0 Å². The first-order valence-corrected chi connectivity index (χ1v) is 8.15. The molecule has 0 spiro atoms. The highest BCUT2D eigenvalue weighted by atomic mass is 32.2. The van der Waals surface area contributed by atoms with Gasteiger partial charge in [-0.15, -0.1) is 5.10 Å². The summed E-state index contributed by atoms with van der Waals surface area (Å²) in [5.41, 5.74) is 1.73. The summed E-state index contributed by atoms with van der Waals surface area (Å²) in [6.45, 7) is 2.78. The van der Waals surface area contributed by atoms with Gasteiger partial charge in [0.25, 0.3) is 0 Å². The smallest absolute Gasteiger partial charge is 0.361 e. The molecule has 0 aliphatic carbocycles. The molecule has 0 aliphatic heterocycles. The number of thioether (sulfide) groups is 1. The van der Waals surface area contributed by atoms with Crippen LogP contribution >= 0.6 is 11.8 Å². The zero-order valence-corrected chi connectivity index (χ0v) is 13.3. The van der Waals surface area contributed by atoms with Gasteiger partial charge in [0.15, 0.2) is 5.69 Å². The molecule has 2 heterocycles. The molecule has 0 atom stereocenters. The van der Waals surface area contributed by atoms with Crippen LogP contribution in [0.2, 0.25) is 0 Å². The van der Waals surface area contributed by atoms with Crippen LogP contribution in [-0.2, 0) is 18.3 Å². The number of rotatable bonds is 7. The van der Waals surface area contributed by atoms with E-state index in [2.05, 4.69) is 21.7 Å². The molecule has 0 bridgehead atoms. The molecule has 0 saturated carbocycles. The lowest BCUT2D eigenvalue weighted by atomic mass is 10.2. The summed E-state index contributed by atoms with van der Waals surface area (Å²) in [5, 5.41) is 12.2. The standard InChI is InChI=1S/C13H19N5O2S/c1-4-20-13(19)11-12(10-8-14-17(2)9-10)18(16-15-11)6-5-7-21-3/h8-9H,4-7H2,1-3H3. The Hall–Kier alpha value is -1.83. The lowest BCUT2D eigenvalue weighted by Crippen LogP contribution is -2.08. The average molecular weight is 309 g/mol. The predicted octanol–water partition coefficient (Wildman–Crippen LogP) is 1.61. The molecular formula is C13H19N5O2S. The van der Waals surface area contributed by atoms with Gasteiger partial charge < -0.3 is 4.74 Å². The Morgan fingerprint density at radius 2 is 2.29 bits per heavy atom. The van der Waals surface area contributed by atoms with Gasteiger partial charge in [-0.2, -0.15) is 16.9 Å². The highest BCUT2D eigenvalue weighted by Crippen LogP contribution is 2.22. The maximum atomic E-state index is 12.0. The van der Waals surface area contributed by atoms with Crippen LogP contribution in [0.15, 0.2) is 12.4 Å². The number of hydrogen-bond acceptors (Lipinski definition) is 6. The molecule has 2 aromatic heterocycles. The average Bonchev–Trinajstić information content (AvgIpc) is 3.05. The Bertz CT molecular complexity index is 607. The molecule has 0 N–H and O–H groups in total. The molecule has 0 aliphatic rings. The second-order valence-electron chi connectivity index (χ2n) is 4.48. The van der Waals surface area contributed by atoms with Gasteiger partial charge in [-0.3, -0.25) is 4.68 Å². The Morgan fingerprint density at radius 1 is 1.48 bits per heavy atom.